The van der Waals surface area contributed by atoms with Crippen LogP contribution in [0, 0.1) is 5.92 Å². The van der Waals surface area contributed by atoms with E-state index in [-0.39, 0.29) is 5.60 Å². The van der Waals surface area contributed by atoms with Gasteiger partial charge in [-0.25, -0.2) is 9.78 Å². The molecule has 1 aromatic heterocycles. The standard InChI is InChI=1S/C15H24N4O3S.C2HF3O2/c1-18(2)23(20,21)19-11-15(12-19)13(7-10-22-15)6-9-17-14-5-3-4-8-16-14;3-2(4,5)1(6)7/h3-5,8,13H,6-7,9-12H2,1-2H3,(H,16,17);(H,6,7). The van der Waals surface area contributed by atoms with Crippen LogP contribution in [0.1, 0.15) is 12.8 Å². The fourth-order valence-electron chi connectivity index (χ4n) is 3.33. The highest BCUT2D eigenvalue weighted by molar-refractivity contribution is 7.86. The molecule has 1 atom stereocenters. The zero-order valence-corrected chi connectivity index (χ0v) is 17.4. The van der Waals surface area contributed by atoms with Gasteiger partial charge in [-0.15, -0.1) is 0 Å². The molecule has 2 aliphatic rings. The Bertz CT molecular complexity index is 814. The monoisotopic (exact) mass is 454 g/mol. The van der Waals surface area contributed by atoms with Crippen molar-refractivity contribution < 1.29 is 36.2 Å². The molecule has 3 rings (SSSR count). The van der Waals surface area contributed by atoms with Gasteiger partial charge in [-0.05, 0) is 30.9 Å². The van der Waals surface area contributed by atoms with Crippen LogP contribution in [-0.4, -0.2) is 85.2 Å². The number of aromatic nitrogens is 1. The number of hydrogen-bond acceptors (Lipinski definition) is 6. The molecule has 170 valence electrons. The van der Waals surface area contributed by atoms with Gasteiger partial charge < -0.3 is 15.2 Å². The molecular weight excluding hydrogens is 429 g/mol. The molecular formula is C17H25F3N4O5S. The normalized spacial score (nSPS) is 21.1. The quantitative estimate of drug-likeness (QED) is 0.669. The van der Waals surface area contributed by atoms with Crippen molar-refractivity contribution in [3.05, 3.63) is 24.4 Å². The number of halogens is 3. The van der Waals surface area contributed by atoms with Crippen molar-refractivity contribution in [3.63, 3.8) is 0 Å². The number of ether oxygens (including phenoxy) is 1. The van der Waals surface area contributed by atoms with Gasteiger partial charge >= 0.3 is 12.1 Å². The second-order valence-electron chi connectivity index (χ2n) is 7.19. The van der Waals surface area contributed by atoms with E-state index in [2.05, 4.69) is 10.3 Å². The predicted octanol–water partition coefficient (Wildman–Crippen LogP) is 1.41. The van der Waals surface area contributed by atoms with E-state index in [9.17, 15) is 21.6 Å². The zero-order valence-electron chi connectivity index (χ0n) is 16.6. The van der Waals surface area contributed by atoms with Gasteiger partial charge in [0.2, 0.25) is 0 Å². The summed E-state index contributed by atoms with van der Waals surface area (Å²) in [4.78, 5) is 13.1. The topological polar surface area (TPSA) is 112 Å². The van der Waals surface area contributed by atoms with Crippen molar-refractivity contribution in [1.82, 2.24) is 13.6 Å². The van der Waals surface area contributed by atoms with Gasteiger partial charge in [0.25, 0.3) is 10.2 Å². The molecule has 9 nitrogen and oxygen atoms in total. The summed E-state index contributed by atoms with van der Waals surface area (Å²) in [6.45, 7) is 2.45. The molecule has 3 heterocycles. The van der Waals surface area contributed by atoms with Gasteiger partial charge in [-0.3, -0.25) is 0 Å². The largest absolute Gasteiger partial charge is 0.490 e. The summed E-state index contributed by atoms with van der Waals surface area (Å²) < 4.78 is 64.7. The molecule has 13 heteroatoms. The van der Waals surface area contributed by atoms with Crippen LogP contribution in [0.25, 0.3) is 0 Å². The lowest BCUT2D eigenvalue weighted by Gasteiger charge is -2.49. The highest BCUT2D eigenvalue weighted by Crippen LogP contribution is 2.42. The molecule has 2 fully saturated rings. The Morgan fingerprint density at radius 3 is 2.53 bits per heavy atom. The first-order chi connectivity index (χ1) is 13.9. The molecule has 0 radical (unpaired) electrons. The van der Waals surface area contributed by atoms with Crippen molar-refractivity contribution in [2.45, 2.75) is 24.6 Å². The molecule has 1 aromatic rings. The van der Waals surface area contributed by atoms with E-state index in [4.69, 9.17) is 14.6 Å². The Balaban J connectivity index is 0.000000396. The van der Waals surface area contributed by atoms with Crippen molar-refractivity contribution in [2.24, 2.45) is 5.92 Å². The minimum absolute atomic E-state index is 0.297. The second-order valence-corrected chi connectivity index (χ2v) is 9.33. The molecule has 0 bridgehead atoms. The van der Waals surface area contributed by atoms with E-state index in [1.165, 1.54) is 8.61 Å². The smallest absolute Gasteiger partial charge is 0.475 e. The van der Waals surface area contributed by atoms with Crippen LogP contribution in [0.4, 0.5) is 19.0 Å². The lowest BCUT2D eigenvalue weighted by Crippen LogP contribution is -2.67. The van der Waals surface area contributed by atoms with Gasteiger partial charge in [-0.1, -0.05) is 6.07 Å². The Morgan fingerprint density at radius 1 is 1.40 bits per heavy atom. The van der Waals surface area contributed by atoms with Gasteiger partial charge in [0.15, 0.2) is 0 Å². The number of pyridine rings is 1. The van der Waals surface area contributed by atoms with Gasteiger partial charge in [-0.2, -0.15) is 30.2 Å². The Morgan fingerprint density at radius 2 is 2.03 bits per heavy atom. The summed E-state index contributed by atoms with van der Waals surface area (Å²) in [5.74, 6) is -1.51. The number of nitrogens with zero attached hydrogens (tertiary/aromatic N) is 3. The highest BCUT2D eigenvalue weighted by atomic mass is 32.2. The molecule has 30 heavy (non-hydrogen) atoms. The van der Waals surface area contributed by atoms with Gasteiger partial charge in [0.05, 0.1) is 5.60 Å². The molecule has 2 N–H and O–H groups in total. The number of aliphatic carboxylic acids is 1. The molecule has 2 aliphatic heterocycles. The SMILES string of the molecule is CN(C)S(=O)(=O)N1CC2(C1)OCCC2CCNc1ccccn1.O=C(O)C(F)(F)F. The Hall–Kier alpha value is -1.96. The fraction of sp³-hybridized carbons (Fsp3) is 0.647. The summed E-state index contributed by atoms with van der Waals surface area (Å²) in [5, 5.41) is 10.4. The van der Waals surface area contributed by atoms with Crippen LogP contribution in [0.15, 0.2) is 24.4 Å². The van der Waals surface area contributed by atoms with Crippen molar-refractivity contribution in [2.75, 3.05) is 45.7 Å². The number of hydrogen-bond donors (Lipinski definition) is 2. The van der Waals surface area contributed by atoms with E-state index < -0.39 is 22.4 Å². The van der Waals surface area contributed by atoms with Crippen molar-refractivity contribution >= 4 is 22.0 Å². The highest BCUT2D eigenvalue weighted by Gasteiger charge is 2.56. The van der Waals surface area contributed by atoms with Crippen LogP contribution in [-0.2, 0) is 19.7 Å². The lowest BCUT2D eigenvalue weighted by molar-refractivity contribution is -0.192. The maximum absolute atomic E-state index is 12.1. The first kappa shape index (κ1) is 24.3. The number of carboxylic acid groups (broad SMARTS) is 1. The Kier molecular flexibility index (Phi) is 7.66. The summed E-state index contributed by atoms with van der Waals surface area (Å²) in [6.07, 6.45) is -1.38. The van der Waals surface area contributed by atoms with E-state index >= 15 is 0 Å². The predicted molar refractivity (Wildman–Crippen MR) is 102 cm³/mol. The first-order valence-corrected chi connectivity index (χ1v) is 10.5. The summed E-state index contributed by atoms with van der Waals surface area (Å²) in [7, 11) is -0.210. The van der Waals surface area contributed by atoms with Crippen LogP contribution in [0.3, 0.4) is 0 Å². The summed E-state index contributed by atoms with van der Waals surface area (Å²) in [6, 6.07) is 5.78. The number of alkyl halides is 3. The average Bonchev–Trinajstić information content (AvgIpc) is 3.05. The third-order valence-electron chi connectivity index (χ3n) is 4.98. The molecule has 1 unspecified atom stereocenters. The number of nitrogens with one attached hydrogen (secondary N) is 1. The number of carbonyl (C=O) groups is 1. The van der Waals surface area contributed by atoms with E-state index in [1.807, 2.05) is 18.2 Å². The van der Waals surface area contributed by atoms with E-state index in [0.29, 0.717) is 25.6 Å². The Labute approximate surface area is 173 Å². The number of carboxylic acids is 1. The van der Waals surface area contributed by atoms with Crippen LogP contribution < -0.4 is 5.32 Å². The lowest BCUT2D eigenvalue weighted by atomic mass is 9.80. The molecule has 0 amide bonds. The average molecular weight is 454 g/mol. The van der Waals surface area contributed by atoms with Crippen LogP contribution >= 0.6 is 0 Å². The van der Waals surface area contributed by atoms with Crippen molar-refractivity contribution in [3.8, 4) is 0 Å². The zero-order chi connectivity index (χ0) is 22.6. The minimum atomic E-state index is -5.08. The molecule has 2 saturated heterocycles. The minimum Gasteiger partial charge on any atom is -0.475 e. The third kappa shape index (κ3) is 5.80. The molecule has 0 aromatic carbocycles. The van der Waals surface area contributed by atoms with E-state index in [0.717, 1.165) is 25.2 Å². The van der Waals surface area contributed by atoms with Crippen LogP contribution in [0.2, 0.25) is 0 Å². The third-order valence-corrected chi connectivity index (χ3v) is 6.82. The summed E-state index contributed by atoms with van der Waals surface area (Å²) >= 11 is 0. The summed E-state index contributed by atoms with van der Waals surface area (Å²) in [5.41, 5.74) is -0.297. The van der Waals surface area contributed by atoms with Crippen molar-refractivity contribution in [1.29, 1.82) is 0 Å². The first-order valence-electron chi connectivity index (χ1n) is 9.15. The second kappa shape index (κ2) is 9.45. The molecule has 0 saturated carbocycles. The maximum atomic E-state index is 12.1. The fourth-order valence-corrected chi connectivity index (χ4v) is 4.55. The number of anilines is 1. The maximum Gasteiger partial charge on any atom is 0.490 e. The molecule has 1 spiro atoms. The molecule has 0 aliphatic carbocycles. The van der Waals surface area contributed by atoms with Gasteiger partial charge in [0, 0.05) is 46.5 Å². The van der Waals surface area contributed by atoms with E-state index in [1.54, 1.807) is 20.3 Å². The van der Waals surface area contributed by atoms with Crippen LogP contribution in [0.5, 0.6) is 0 Å². The number of rotatable bonds is 6. The van der Waals surface area contributed by atoms with Gasteiger partial charge in [0.1, 0.15) is 5.82 Å².